The number of hydrogen-bond donors (Lipinski definition) is 1. The second-order valence-corrected chi connectivity index (χ2v) is 8.52. The lowest BCUT2D eigenvalue weighted by atomic mass is 10.3. The zero-order valence-corrected chi connectivity index (χ0v) is 16.2. The van der Waals surface area contributed by atoms with E-state index in [4.69, 9.17) is 16.3 Å². The fourth-order valence-electron chi connectivity index (χ4n) is 2.33. The Morgan fingerprint density at radius 1 is 1.29 bits per heavy atom. The van der Waals surface area contributed by atoms with Crippen LogP contribution in [0.4, 0.5) is 23.2 Å². The number of sulfonamides is 1. The summed E-state index contributed by atoms with van der Waals surface area (Å²) in [6.07, 6.45) is 2.45. The van der Waals surface area contributed by atoms with Crippen LogP contribution in [0.3, 0.4) is 0 Å². The molecule has 2 heterocycles. The van der Waals surface area contributed by atoms with E-state index < -0.39 is 38.0 Å². The normalized spacial score (nSPS) is 12.4. The Morgan fingerprint density at radius 2 is 2.00 bits per heavy atom. The Bertz CT molecular complexity index is 1150. The van der Waals surface area contributed by atoms with E-state index in [1.54, 1.807) is 0 Å². The highest BCUT2D eigenvalue weighted by Crippen LogP contribution is 2.42. The van der Waals surface area contributed by atoms with Crippen LogP contribution in [0.25, 0.3) is 5.52 Å². The van der Waals surface area contributed by atoms with Gasteiger partial charge in [0.2, 0.25) is 0 Å². The lowest BCUT2D eigenvalue weighted by Crippen LogP contribution is -2.14. The molecule has 0 fully saturated rings. The molecule has 28 heavy (non-hydrogen) atoms. The molecule has 3 aromatic rings. The van der Waals surface area contributed by atoms with Crippen LogP contribution in [0.15, 0.2) is 46.5 Å². The monoisotopic (exact) mass is 455 g/mol. The van der Waals surface area contributed by atoms with Crippen LogP contribution in [0, 0.1) is 5.82 Å². The Morgan fingerprint density at radius 3 is 2.64 bits per heavy atom. The van der Waals surface area contributed by atoms with Gasteiger partial charge in [-0.15, -0.1) is 0 Å². The number of ether oxygens (including phenoxy) is 1. The molecule has 13 heteroatoms. The Balaban J connectivity index is 2.00. The Kier molecular flexibility index (Phi) is 5.38. The van der Waals surface area contributed by atoms with Gasteiger partial charge in [0.05, 0.1) is 34.4 Å². The number of anilines is 1. The van der Waals surface area contributed by atoms with Crippen molar-refractivity contribution in [3.05, 3.63) is 47.5 Å². The number of nitrogens with zero attached hydrogens (tertiary/aromatic N) is 2. The summed E-state index contributed by atoms with van der Waals surface area (Å²) in [5.41, 5.74) is -4.88. The summed E-state index contributed by atoms with van der Waals surface area (Å²) in [6.45, 7) is 0. The number of pyridine rings is 1. The third-order valence-electron chi connectivity index (χ3n) is 3.46. The molecule has 0 saturated carbocycles. The van der Waals surface area contributed by atoms with Gasteiger partial charge >= 0.3 is 5.51 Å². The van der Waals surface area contributed by atoms with Gasteiger partial charge in [0.25, 0.3) is 10.0 Å². The highest BCUT2D eigenvalue weighted by molar-refractivity contribution is 8.00. The molecule has 0 unspecified atom stereocenters. The van der Waals surface area contributed by atoms with Crippen molar-refractivity contribution < 1.29 is 30.7 Å². The third kappa shape index (κ3) is 4.28. The maximum absolute atomic E-state index is 14.1. The van der Waals surface area contributed by atoms with Gasteiger partial charge in [-0.1, -0.05) is 11.6 Å². The van der Waals surface area contributed by atoms with E-state index in [1.165, 1.54) is 22.8 Å². The lowest BCUT2D eigenvalue weighted by Gasteiger charge is -2.14. The van der Waals surface area contributed by atoms with E-state index >= 15 is 0 Å². The van der Waals surface area contributed by atoms with Crippen molar-refractivity contribution in [2.24, 2.45) is 0 Å². The van der Waals surface area contributed by atoms with Crippen molar-refractivity contribution in [1.29, 1.82) is 0 Å². The van der Waals surface area contributed by atoms with Crippen LogP contribution < -0.4 is 9.46 Å². The number of thioether (sulfide) groups is 1. The molecule has 0 aliphatic rings. The van der Waals surface area contributed by atoms with Gasteiger partial charge in [-0.05, 0) is 30.0 Å². The summed E-state index contributed by atoms with van der Waals surface area (Å²) in [5.74, 6) is -1.54. The number of aromatic nitrogens is 2. The number of alkyl halides is 3. The fourth-order valence-corrected chi connectivity index (χ4v) is 4.24. The number of halogens is 5. The summed E-state index contributed by atoms with van der Waals surface area (Å²) >= 11 is 5.15. The van der Waals surface area contributed by atoms with Gasteiger partial charge in [-0.3, -0.25) is 4.72 Å². The van der Waals surface area contributed by atoms with Gasteiger partial charge in [0.1, 0.15) is 16.5 Å². The molecule has 3 rings (SSSR count). The second-order valence-electron chi connectivity index (χ2n) is 5.32. The first-order valence-electron chi connectivity index (χ1n) is 7.29. The first-order valence-corrected chi connectivity index (χ1v) is 9.97. The van der Waals surface area contributed by atoms with Crippen LogP contribution in [0.1, 0.15) is 0 Å². The largest absolute Gasteiger partial charge is 0.495 e. The van der Waals surface area contributed by atoms with E-state index in [1.807, 2.05) is 0 Å². The van der Waals surface area contributed by atoms with Gasteiger partial charge in [-0.25, -0.2) is 17.3 Å². The number of fused-ring (bicyclic) bond motifs is 1. The Hall–Kier alpha value is -2.18. The third-order valence-corrected chi connectivity index (χ3v) is 5.83. The van der Waals surface area contributed by atoms with E-state index in [2.05, 4.69) is 9.82 Å². The van der Waals surface area contributed by atoms with E-state index in [0.717, 1.165) is 19.4 Å². The smallest absolute Gasteiger partial charge is 0.446 e. The molecule has 150 valence electrons. The first kappa shape index (κ1) is 20.6. The number of nitrogens with one attached hydrogen (secondary N) is 1. The van der Waals surface area contributed by atoms with Gasteiger partial charge in [-0.2, -0.15) is 18.3 Å². The summed E-state index contributed by atoms with van der Waals surface area (Å²) in [6, 6.07) is 4.26. The van der Waals surface area contributed by atoms with Crippen molar-refractivity contribution in [1.82, 2.24) is 9.61 Å². The van der Waals surface area contributed by atoms with Crippen molar-refractivity contribution in [2.75, 3.05) is 11.8 Å². The molecule has 0 aliphatic heterocycles. The topological polar surface area (TPSA) is 72.7 Å². The van der Waals surface area contributed by atoms with Crippen molar-refractivity contribution >= 4 is 44.6 Å². The van der Waals surface area contributed by atoms with Gasteiger partial charge in [0, 0.05) is 12.3 Å². The van der Waals surface area contributed by atoms with Crippen molar-refractivity contribution in [2.45, 2.75) is 15.3 Å². The van der Waals surface area contributed by atoms with Crippen LogP contribution in [0.5, 0.6) is 5.75 Å². The van der Waals surface area contributed by atoms with Gasteiger partial charge < -0.3 is 4.74 Å². The number of hydrogen-bond acceptors (Lipinski definition) is 5. The predicted molar refractivity (Wildman–Crippen MR) is 95.9 cm³/mol. The number of methoxy groups -OCH3 is 1. The van der Waals surface area contributed by atoms with Crippen molar-refractivity contribution in [3.63, 3.8) is 0 Å². The fraction of sp³-hybridized carbons (Fsp3) is 0.133. The standard InChI is InChI=1S/C15H10ClF4N3O3S2/c1-26-12-5-13(27-15(18,19)20)9(17)4-10(12)22-28(24,25)14-6-21-23-7-8(16)2-3-11(14)23/h2-7,22H,1H3. The molecule has 1 aromatic carbocycles. The van der Waals surface area contributed by atoms with Crippen LogP contribution in [-0.4, -0.2) is 30.7 Å². The maximum Gasteiger partial charge on any atom is 0.446 e. The van der Waals surface area contributed by atoms with Crippen LogP contribution >= 0.6 is 23.4 Å². The molecule has 0 atom stereocenters. The van der Waals surface area contributed by atoms with E-state index in [9.17, 15) is 26.0 Å². The molecule has 0 radical (unpaired) electrons. The highest BCUT2D eigenvalue weighted by Gasteiger charge is 2.32. The van der Waals surface area contributed by atoms with E-state index in [-0.39, 0.29) is 21.8 Å². The molecule has 0 amide bonds. The minimum atomic E-state index is -4.72. The first-order chi connectivity index (χ1) is 13.0. The minimum Gasteiger partial charge on any atom is -0.495 e. The summed E-state index contributed by atoms with van der Waals surface area (Å²) in [4.78, 5) is -0.988. The maximum atomic E-state index is 14.1. The number of benzene rings is 1. The van der Waals surface area contributed by atoms with Crippen LogP contribution in [0.2, 0.25) is 5.02 Å². The molecule has 0 spiro atoms. The number of rotatable bonds is 5. The lowest BCUT2D eigenvalue weighted by molar-refractivity contribution is -0.0329. The quantitative estimate of drug-likeness (QED) is 0.451. The minimum absolute atomic E-state index is 0.195. The molecule has 2 aromatic heterocycles. The zero-order chi connectivity index (χ0) is 20.7. The van der Waals surface area contributed by atoms with Gasteiger partial charge in [0.15, 0.2) is 0 Å². The van der Waals surface area contributed by atoms with Crippen LogP contribution in [-0.2, 0) is 10.0 Å². The van der Waals surface area contributed by atoms with Crippen molar-refractivity contribution in [3.8, 4) is 5.75 Å². The molecule has 0 saturated heterocycles. The highest BCUT2D eigenvalue weighted by atomic mass is 35.5. The molecule has 1 N–H and O–H groups in total. The SMILES string of the molecule is COc1cc(SC(F)(F)F)c(F)cc1NS(=O)(=O)c1cnn2cc(Cl)ccc12. The molecule has 0 bridgehead atoms. The molecular formula is C15H10ClF4N3O3S2. The average molecular weight is 456 g/mol. The summed E-state index contributed by atoms with van der Waals surface area (Å²) in [7, 11) is -3.14. The Labute approximate surface area is 165 Å². The zero-order valence-electron chi connectivity index (χ0n) is 13.8. The average Bonchev–Trinajstić information content (AvgIpc) is 2.99. The van der Waals surface area contributed by atoms with E-state index in [0.29, 0.717) is 11.1 Å². The summed E-state index contributed by atoms with van der Waals surface area (Å²) < 4.78 is 85.3. The predicted octanol–water partition coefficient (Wildman–Crippen LogP) is 4.55. The molecule has 0 aliphatic carbocycles. The summed E-state index contributed by atoms with van der Waals surface area (Å²) in [5, 5.41) is 4.21. The second kappa shape index (κ2) is 7.33. The molecule has 6 nitrogen and oxygen atoms in total. The molecular weight excluding hydrogens is 446 g/mol.